The highest BCUT2D eigenvalue weighted by molar-refractivity contribution is 5.96. The molecule has 0 saturated heterocycles. The molecule has 1 heterocycles. The Morgan fingerprint density at radius 1 is 0.821 bits per heavy atom. The third-order valence-corrected chi connectivity index (χ3v) is 5.41. The standard InChI is InChI=1S/C25H25NO2/c1-26(2)24-21-16-10-9-15-20(21)23(17-22(27)18-11-5-3-6-12-18)28-25(24)19-13-7-4-8-14-19/h3-16,23-25H,17H2,1-2H3/t23-,24+,25-/m1/s1. The number of nitrogens with zero attached hydrogens (tertiary/aromatic N) is 1. The van der Waals surface area contributed by atoms with Gasteiger partial charge in [-0.15, -0.1) is 0 Å². The van der Waals surface area contributed by atoms with E-state index in [1.807, 2.05) is 54.6 Å². The lowest BCUT2D eigenvalue weighted by molar-refractivity contribution is -0.0718. The molecule has 3 atom stereocenters. The summed E-state index contributed by atoms with van der Waals surface area (Å²) in [5, 5.41) is 0. The maximum atomic E-state index is 12.9. The Balaban J connectivity index is 1.72. The van der Waals surface area contributed by atoms with Crippen LogP contribution in [0.2, 0.25) is 0 Å². The second-order valence-electron chi connectivity index (χ2n) is 7.49. The van der Waals surface area contributed by atoms with Gasteiger partial charge in [0.1, 0.15) is 6.10 Å². The molecule has 142 valence electrons. The molecule has 1 aliphatic heterocycles. The molecule has 0 saturated carbocycles. The first-order valence-electron chi connectivity index (χ1n) is 9.69. The van der Waals surface area contributed by atoms with E-state index in [9.17, 15) is 4.79 Å². The van der Waals surface area contributed by atoms with Crippen LogP contribution in [0, 0.1) is 0 Å². The Hall–Kier alpha value is -2.75. The summed E-state index contributed by atoms with van der Waals surface area (Å²) >= 11 is 0. The molecule has 0 spiro atoms. The number of fused-ring (bicyclic) bond motifs is 1. The van der Waals surface area contributed by atoms with Crippen LogP contribution in [-0.2, 0) is 4.74 Å². The van der Waals surface area contributed by atoms with Crippen molar-refractivity contribution < 1.29 is 9.53 Å². The molecule has 1 aliphatic rings. The van der Waals surface area contributed by atoms with Gasteiger partial charge >= 0.3 is 0 Å². The Labute approximate surface area is 166 Å². The van der Waals surface area contributed by atoms with Gasteiger partial charge in [0.2, 0.25) is 0 Å². The average molecular weight is 371 g/mol. The largest absolute Gasteiger partial charge is 0.363 e. The zero-order chi connectivity index (χ0) is 19.5. The van der Waals surface area contributed by atoms with Gasteiger partial charge in [0.25, 0.3) is 0 Å². The monoisotopic (exact) mass is 371 g/mol. The van der Waals surface area contributed by atoms with Crippen molar-refractivity contribution >= 4 is 5.78 Å². The highest BCUT2D eigenvalue weighted by atomic mass is 16.5. The molecule has 0 aromatic heterocycles. The van der Waals surface area contributed by atoms with Crippen LogP contribution >= 0.6 is 0 Å². The first-order chi connectivity index (χ1) is 13.6. The topological polar surface area (TPSA) is 29.5 Å². The number of hydrogen-bond acceptors (Lipinski definition) is 3. The number of benzene rings is 3. The maximum absolute atomic E-state index is 12.9. The fraction of sp³-hybridized carbons (Fsp3) is 0.240. The molecule has 0 radical (unpaired) electrons. The third kappa shape index (κ3) is 3.64. The van der Waals surface area contributed by atoms with Crippen LogP contribution in [0.4, 0.5) is 0 Å². The lowest BCUT2D eigenvalue weighted by Crippen LogP contribution is -2.34. The normalized spacial score (nSPS) is 21.3. The van der Waals surface area contributed by atoms with Crippen molar-refractivity contribution in [1.29, 1.82) is 0 Å². The quantitative estimate of drug-likeness (QED) is 0.564. The fourth-order valence-electron chi connectivity index (χ4n) is 4.08. The number of Topliss-reactive ketones (excluding diaryl/α,β-unsaturated/α-hetero) is 1. The molecule has 0 N–H and O–H groups in total. The van der Waals surface area contributed by atoms with E-state index < -0.39 is 0 Å². The Morgan fingerprint density at radius 2 is 1.39 bits per heavy atom. The van der Waals surface area contributed by atoms with Gasteiger partial charge in [0.05, 0.1) is 12.1 Å². The molecular formula is C25H25NO2. The van der Waals surface area contributed by atoms with Gasteiger partial charge in [-0.3, -0.25) is 9.69 Å². The first-order valence-corrected chi connectivity index (χ1v) is 9.69. The van der Waals surface area contributed by atoms with Crippen LogP contribution in [0.5, 0.6) is 0 Å². The smallest absolute Gasteiger partial charge is 0.165 e. The number of ether oxygens (including phenoxy) is 1. The van der Waals surface area contributed by atoms with Crippen LogP contribution < -0.4 is 0 Å². The van der Waals surface area contributed by atoms with E-state index in [0.29, 0.717) is 6.42 Å². The van der Waals surface area contributed by atoms with Gasteiger partial charge in [-0.2, -0.15) is 0 Å². The molecule has 0 bridgehead atoms. The SMILES string of the molecule is CN(C)[C@H]1c2ccccc2[C@@H](CC(=O)c2ccccc2)O[C@@H]1c1ccccc1. The van der Waals surface area contributed by atoms with Crippen LogP contribution in [0.15, 0.2) is 84.9 Å². The van der Waals surface area contributed by atoms with Crippen molar-refractivity contribution in [3.63, 3.8) is 0 Å². The van der Waals surface area contributed by atoms with E-state index in [1.165, 1.54) is 5.56 Å². The Morgan fingerprint density at radius 3 is 2.04 bits per heavy atom. The van der Waals surface area contributed by atoms with Gasteiger partial charge in [-0.05, 0) is 30.8 Å². The molecule has 3 aromatic carbocycles. The van der Waals surface area contributed by atoms with Crippen molar-refractivity contribution in [3.05, 3.63) is 107 Å². The lowest BCUT2D eigenvalue weighted by atomic mass is 9.84. The summed E-state index contributed by atoms with van der Waals surface area (Å²) in [6.07, 6.45) is -0.0465. The Bertz CT molecular complexity index is 937. The number of carbonyl (C=O) groups excluding carboxylic acids is 1. The Kier molecular flexibility index (Phi) is 5.38. The minimum absolute atomic E-state index is 0.0988. The van der Waals surface area contributed by atoms with Crippen molar-refractivity contribution in [2.24, 2.45) is 0 Å². The van der Waals surface area contributed by atoms with Gasteiger partial charge in [0.15, 0.2) is 5.78 Å². The molecule has 0 amide bonds. The molecule has 0 aliphatic carbocycles. The summed E-state index contributed by atoms with van der Waals surface area (Å²) in [4.78, 5) is 15.1. The van der Waals surface area contributed by atoms with E-state index in [-0.39, 0.29) is 24.0 Å². The molecule has 0 unspecified atom stereocenters. The van der Waals surface area contributed by atoms with Gasteiger partial charge in [-0.1, -0.05) is 84.9 Å². The zero-order valence-corrected chi connectivity index (χ0v) is 16.3. The maximum Gasteiger partial charge on any atom is 0.165 e. The average Bonchev–Trinajstić information content (AvgIpc) is 2.74. The summed E-state index contributed by atoms with van der Waals surface area (Å²) in [5.41, 5.74) is 4.21. The fourth-order valence-corrected chi connectivity index (χ4v) is 4.08. The second kappa shape index (κ2) is 8.09. The summed E-state index contributed by atoms with van der Waals surface area (Å²) in [5.74, 6) is 0.107. The molecular weight excluding hydrogens is 346 g/mol. The summed E-state index contributed by atoms with van der Waals surface area (Å²) in [6.45, 7) is 0. The van der Waals surface area contributed by atoms with E-state index in [0.717, 1.165) is 16.7 Å². The number of ketones is 1. The van der Waals surface area contributed by atoms with E-state index in [1.54, 1.807) is 0 Å². The molecule has 3 heteroatoms. The van der Waals surface area contributed by atoms with Gasteiger partial charge in [-0.25, -0.2) is 0 Å². The third-order valence-electron chi connectivity index (χ3n) is 5.41. The molecule has 28 heavy (non-hydrogen) atoms. The number of carbonyl (C=O) groups is 1. The highest BCUT2D eigenvalue weighted by Crippen LogP contribution is 2.47. The minimum Gasteiger partial charge on any atom is -0.363 e. The number of likely N-dealkylation sites (N-methyl/N-ethyl adjacent to an activating group) is 1. The molecule has 0 fully saturated rings. The number of rotatable bonds is 5. The van der Waals surface area contributed by atoms with Crippen molar-refractivity contribution in [1.82, 2.24) is 4.90 Å². The van der Waals surface area contributed by atoms with Crippen molar-refractivity contribution in [2.75, 3.05) is 14.1 Å². The predicted octanol–water partition coefficient (Wildman–Crippen LogP) is 5.37. The van der Waals surface area contributed by atoms with E-state index >= 15 is 0 Å². The number of hydrogen-bond donors (Lipinski definition) is 0. The van der Waals surface area contributed by atoms with Crippen LogP contribution in [-0.4, -0.2) is 24.8 Å². The van der Waals surface area contributed by atoms with Crippen molar-refractivity contribution in [3.8, 4) is 0 Å². The van der Waals surface area contributed by atoms with E-state index in [4.69, 9.17) is 4.74 Å². The summed E-state index contributed by atoms with van der Waals surface area (Å²) in [6, 6.07) is 28.2. The van der Waals surface area contributed by atoms with Gasteiger partial charge in [0, 0.05) is 12.0 Å². The minimum atomic E-state index is -0.259. The van der Waals surface area contributed by atoms with Crippen LogP contribution in [0.3, 0.4) is 0 Å². The van der Waals surface area contributed by atoms with Gasteiger partial charge < -0.3 is 4.74 Å². The second-order valence-corrected chi connectivity index (χ2v) is 7.49. The highest BCUT2D eigenvalue weighted by Gasteiger charge is 2.38. The first kappa shape index (κ1) is 18.6. The van der Waals surface area contributed by atoms with Crippen LogP contribution in [0.1, 0.15) is 51.7 Å². The molecule has 3 nitrogen and oxygen atoms in total. The van der Waals surface area contributed by atoms with Crippen molar-refractivity contribution in [2.45, 2.75) is 24.7 Å². The van der Waals surface area contributed by atoms with E-state index in [2.05, 4.69) is 49.3 Å². The lowest BCUT2D eigenvalue weighted by Gasteiger charge is -2.41. The zero-order valence-electron chi connectivity index (χ0n) is 16.3. The predicted molar refractivity (Wildman–Crippen MR) is 111 cm³/mol. The summed E-state index contributed by atoms with van der Waals surface area (Å²) < 4.78 is 6.60. The van der Waals surface area contributed by atoms with Crippen LogP contribution in [0.25, 0.3) is 0 Å². The summed E-state index contributed by atoms with van der Waals surface area (Å²) in [7, 11) is 4.16. The molecule has 4 rings (SSSR count). The molecule has 3 aromatic rings.